The number of para-hydroxylation sites is 2. The maximum absolute atomic E-state index is 13.1. The van der Waals surface area contributed by atoms with Gasteiger partial charge in [-0.1, -0.05) is 23.7 Å². The number of hydrogen-bond donors (Lipinski definition) is 2. The van der Waals surface area contributed by atoms with E-state index < -0.39 is 15.4 Å². The first-order valence-corrected chi connectivity index (χ1v) is 12.4. The van der Waals surface area contributed by atoms with E-state index in [-0.39, 0.29) is 5.15 Å². The van der Waals surface area contributed by atoms with Gasteiger partial charge < -0.3 is 19.9 Å². The lowest BCUT2D eigenvalue weighted by Gasteiger charge is -2.32. The number of sulfonamides is 1. The van der Waals surface area contributed by atoms with Crippen molar-refractivity contribution in [1.29, 1.82) is 0 Å². The van der Waals surface area contributed by atoms with Gasteiger partial charge in [0.1, 0.15) is 22.1 Å². The molecule has 12 heteroatoms. The number of anilines is 3. The molecule has 1 aliphatic rings. The van der Waals surface area contributed by atoms with E-state index in [2.05, 4.69) is 41.8 Å². The highest BCUT2D eigenvalue weighted by molar-refractivity contribution is 7.93. The molecule has 0 bridgehead atoms. The standard InChI is InChI=1S/C21H26ClN7O3S/c1-14(33(30,31)27-16-6-4-5-7-18(16)32-3)24-20-15-12-19(22)23-13-17(15)25-21(26-20)29-10-8-28(2)9-11-29/h4-7,12-14,27H,8-11H2,1-3H3,(H,24,25,26). The van der Waals surface area contributed by atoms with Crippen LogP contribution in [0.3, 0.4) is 0 Å². The summed E-state index contributed by atoms with van der Waals surface area (Å²) >= 11 is 6.11. The number of hydrogen-bond acceptors (Lipinski definition) is 9. The van der Waals surface area contributed by atoms with Gasteiger partial charge >= 0.3 is 0 Å². The Balaban J connectivity index is 1.65. The Morgan fingerprint density at radius 2 is 1.88 bits per heavy atom. The third-order valence-corrected chi connectivity index (χ3v) is 7.25. The molecule has 4 rings (SSSR count). The molecular weight excluding hydrogens is 466 g/mol. The largest absolute Gasteiger partial charge is 0.495 e. The molecule has 2 aromatic heterocycles. The maximum Gasteiger partial charge on any atom is 0.253 e. The number of pyridine rings is 1. The van der Waals surface area contributed by atoms with Crippen molar-refractivity contribution in [2.24, 2.45) is 0 Å². The average molecular weight is 492 g/mol. The number of piperazine rings is 1. The van der Waals surface area contributed by atoms with Crippen LogP contribution in [0.4, 0.5) is 17.5 Å². The van der Waals surface area contributed by atoms with Crippen LogP contribution in [0.5, 0.6) is 5.75 Å². The second kappa shape index (κ2) is 9.54. The lowest BCUT2D eigenvalue weighted by Crippen LogP contribution is -2.45. The molecule has 1 aromatic carbocycles. The van der Waals surface area contributed by atoms with Crippen LogP contribution in [-0.4, -0.2) is 74.0 Å². The minimum atomic E-state index is -3.84. The van der Waals surface area contributed by atoms with Crippen molar-refractivity contribution in [3.05, 3.63) is 41.7 Å². The van der Waals surface area contributed by atoms with E-state index in [1.165, 1.54) is 7.11 Å². The number of nitrogens with zero attached hydrogens (tertiary/aromatic N) is 5. The summed E-state index contributed by atoms with van der Waals surface area (Å²) in [6.45, 7) is 4.86. The number of likely N-dealkylation sites (N-methyl/N-ethyl adjacent to an activating group) is 1. The summed E-state index contributed by atoms with van der Waals surface area (Å²) in [6, 6.07) is 8.45. The van der Waals surface area contributed by atoms with Crippen LogP contribution in [0.25, 0.3) is 10.9 Å². The van der Waals surface area contributed by atoms with Crippen molar-refractivity contribution in [2.75, 3.05) is 55.3 Å². The van der Waals surface area contributed by atoms with Gasteiger partial charge in [-0.3, -0.25) is 4.72 Å². The van der Waals surface area contributed by atoms with Crippen LogP contribution < -0.4 is 19.7 Å². The van der Waals surface area contributed by atoms with Crippen LogP contribution in [0.2, 0.25) is 5.15 Å². The number of ether oxygens (including phenoxy) is 1. The fraction of sp³-hybridized carbons (Fsp3) is 0.381. The average Bonchev–Trinajstić information content (AvgIpc) is 2.80. The third-order valence-electron chi connectivity index (χ3n) is 5.49. The SMILES string of the molecule is COc1ccccc1NS(=O)(=O)C(C)Nc1nc(N2CCN(C)CC2)nc2cnc(Cl)cc12. The number of nitrogens with one attached hydrogen (secondary N) is 2. The molecule has 1 saturated heterocycles. The van der Waals surface area contributed by atoms with Gasteiger partial charge in [0.05, 0.1) is 24.5 Å². The molecule has 0 aliphatic carbocycles. The Morgan fingerprint density at radius 1 is 1.15 bits per heavy atom. The van der Waals surface area contributed by atoms with E-state index in [0.29, 0.717) is 34.1 Å². The summed E-state index contributed by atoms with van der Waals surface area (Å²) in [5, 5.41) is 2.87. The van der Waals surface area contributed by atoms with Gasteiger partial charge in [-0.05, 0) is 32.2 Å². The highest BCUT2D eigenvalue weighted by Crippen LogP contribution is 2.28. The predicted molar refractivity (Wildman–Crippen MR) is 131 cm³/mol. The Bertz CT molecular complexity index is 1250. The second-order valence-corrected chi connectivity index (χ2v) is 10.2. The Morgan fingerprint density at radius 3 is 2.61 bits per heavy atom. The zero-order valence-electron chi connectivity index (χ0n) is 18.6. The monoisotopic (exact) mass is 491 g/mol. The minimum Gasteiger partial charge on any atom is -0.495 e. The zero-order valence-corrected chi connectivity index (χ0v) is 20.2. The van der Waals surface area contributed by atoms with Gasteiger partial charge in [-0.15, -0.1) is 0 Å². The number of benzene rings is 1. The first-order chi connectivity index (χ1) is 15.8. The highest BCUT2D eigenvalue weighted by atomic mass is 35.5. The summed E-state index contributed by atoms with van der Waals surface area (Å²) in [7, 11) is -0.284. The normalized spacial score (nSPS) is 15.9. The van der Waals surface area contributed by atoms with E-state index in [9.17, 15) is 8.42 Å². The molecule has 3 heterocycles. The van der Waals surface area contributed by atoms with Crippen LogP contribution in [0, 0.1) is 0 Å². The lowest BCUT2D eigenvalue weighted by atomic mass is 10.3. The molecule has 1 atom stereocenters. The van der Waals surface area contributed by atoms with Gasteiger partial charge in [0.25, 0.3) is 10.0 Å². The topological polar surface area (TPSA) is 113 Å². The number of aromatic nitrogens is 3. The maximum atomic E-state index is 13.1. The molecule has 3 aromatic rings. The number of halogens is 1. The van der Waals surface area contributed by atoms with Crippen molar-refractivity contribution in [3.63, 3.8) is 0 Å². The van der Waals surface area contributed by atoms with Crippen molar-refractivity contribution >= 4 is 50.0 Å². The van der Waals surface area contributed by atoms with Crippen LogP contribution in [-0.2, 0) is 10.0 Å². The molecule has 0 spiro atoms. The van der Waals surface area contributed by atoms with Crippen molar-refractivity contribution in [3.8, 4) is 5.75 Å². The fourth-order valence-corrected chi connectivity index (χ4v) is 4.57. The van der Waals surface area contributed by atoms with E-state index >= 15 is 0 Å². The Kier molecular flexibility index (Phi) is 6.73. The molecule has 2 N–H and O–H groups in total. The third kappa shape index (κ3) is 5.21. The molecule has 10 nitrogen and oxygen atoms in total. The van der Waals surface area contributed by atoms with Crippen LogP contribution in [0.15, 0.2) is 36.5 Å². The molecule has 176 valence electrons. The molecular formula is C21H26ClN7O3S. The Labute approximate surface area is 198 Å². The highest BCUT2D eigenvalue weighted by Gasteiger charge is 2.25. The van der Waals surface area contributed by atoms with E-state index in [0.717, 1.165) is 26.2 Å². The molecule has 1 fully saturated rings. The summed E-state index contributed by atoms with van der Waals surface area (Å²) in [6.07, 6.45) is 1.57. The summed E-state index contributed by atoms with van der Waals surface area (Å²) in [5.74, 6) is 1.32. The smallest absolute Gasteiger partial charge is 0.253 e. The first kappa shape index (κ1) is 23.3. The molecule has 1 aliphatic heterocycles. The lowest BCUT2D eigenvalue weighted by molar-refractivity contribution is 0.311. The van der Waals surface area contributed by atoms with Crippen molar-refractivity contribution in [2.45, 2.75) is 12.3 Å². The van der Waals surface area contributed by atoms with Crippen molar-refractivity contribution in [1.82, 2.24) is 19.9 Å². The van der Waals surface area contributed by atoms with Gasteiger partial charge in [0.15, 0.2) is 0 Å². The van der Waals surface area contributed by atoms with Crippen LogP contribution >= 0.6 is 11.6 Å². The van der Waals surface area contributed by atoms with Gasteiger partial charge in [0, 0.05) is 31.6 Å². The van der Waals surface area contributed by atoms with E-state index in [4.69, 9.17) is 16.3 Å². The van der Waals surface area contributed by atoms with E-state index in [1.807, 2.05) is 0 Å². The number of fused-ring (bicyclic) bond motifs is 1. The van der Waals surface area contributed by atoms with Gasteiger partial charge in [-0.25, -0.2) is 18.4 Å². The summed E-state index contributed by atoms with van der Waals surface area (Å²) in [4.78, 5) is 17.7. The fourth-order valence-electron chi connectivity index (χ4n) is 3.49. The molecule has 0 saturated carbocycles. The van der Waals surface area contributed by atoms with Gasteiger partial charge in [0.2, 0.25) is 5.95 Å². The molecule has 0 radical (unpaired) electrons. The predicted octanol–water partition coefficient (Wildman–Crippen LogP) is 2.64. The molecule has 0 amide bonds. The number of methoxy groups -OCH3 is 1. The van der Waals surface area contributed by atoms with Gasteiger partial charge in [-0.2, -0.15) is 4.98 Å². The summed E-state index contributed by atoms with van der Waals surface area (Å²) in [5.41, 5.74) is 0.930. The first-order valence-electron chi connectivity index (χ1n) is 10.4. The molecule has 1 unspecified atom stereocenters. The quantitative estimate of drug-likeness (QED) is 0.481. The zero-order chi connectivity index (χ0) is 23.6. The molecule has 33 heavy (non-hydrogen) atoms. The van der Waals surface area contributed by atoms with Crippen LogP contribution in [0.1, 0.15) is 6.92 Å². The minimum absolute atomic E-state index is 0.268. The summed E-state index contributed by atoms with van der Waals surface area (Å²) < 4.78 is 34.0. The van der Waals surface area contributed by atoms with Crippen molar-refractivity contribution < 1.29 is 13.2 Å². The number of rotatable bonds is 7. The van der Waals surface area contributed by atoms with E-state index in [1.54, 1.807) is 43.5 Å². The Hall–Kier alpha value is -2.89. The second-order valence-electron chi connectivity index (χ2n) is 7.82.